The molecule has 0 aliphatic carbocycles. The van der Waals surface area contributed by atoms with E-state index in [1.165, 1.54) is 11.1 Å². The van der Waals surface area contributed by atoms with Crippen LogP contribution in [0.15, 0.2) is 229 Å². The normalized spacial score (nSPS) is 11.3. The molecule has 286 valence electrons. The first-order valence-corrected chi connectivity index (χ1v) is 20.5. The van der Waals surface area contributed by atoms with E-state index >= 15 is 0 Å². The second kappa shape index (κ2) is 15.5. The van der Waals surface area contributed by atoms with Gasteiger partial charge in [0.15, 0.2) is 5.82 Å². The predicted molar refractivity (Wildman–Crippen MR) is 251 cm³/mol. The standard InChI is InChI=1S/C57H37N3O/c1-6-16-38(17-7-1)39-26-30-41(31-27-39)50-37-51(60-57(59-50)46-24-14-5-15-25-46)42-32-28-40(29-33-42)47-34-35-49-48(36-47)56-53(54(58-49)44-20-10-3-11-21-44)52(43-18-8-2-9-19-43)55(61-56)45-22-12-4-13-23-45/h1-37H. The van der Waals surface area contributed by atoms with Gasteiger partial charge in [0.2, 0.25) is 0 Å². The number of fused-ring (bicyclic) bond motifs is 3. The quantitative estimate of drug-likeness (QED) is 0.154. The average Bonchev–Trinajstić information content (AvgIpc) is 3.76. The van der Waals surface area contributed by atoms with E-state index in [2.05, 4.69) is 182 Å². The van der Waals surface area contributed by atoms with Crippen LogP contribution in [0.2, 0.25) is 0 Å². The molecule has 0 fully saturated rings. The van der Waals surface area contributed by atoms with Crippen molar-refractivity contribution in [1.29, 1.82) is 0 Å². The van der Waals surface area contributed by atoms with Crippen LogP contribution >= 0.6 is 0 Å². The lowest BCUT2D eigenvalue weighted by Crippen LogP contribution is -1.96. The summed E-state index contributed by atoms with van der Waals surface area (Å²) in [5.74, 6) is 1.52. The molecule has 0 N–H and O–H groups in total. The Labute approximate surface area is 354 Å². The van der Waals surface area contributed by atoms with E-state index in [1.807, 2.05) is 42.5 Å². The highest BCUT2D eigenvalue weighted by atomic mass is 16.3. The van der Waals surface area contributed by atoms with Gasteiger partial charge in [0.1, 0.15) is 11.3 Å². The summed E-state index contributed by atoms with van der Waals surface area (Å²) in [6.07, 6.45) is 0. The highest BCUT2D eigenvalue weighted by molar-refractivity contribution is 6.17. The number of pyridine rings is 1. The van der Waals surface area contributed by atoms with Crippen LogP contribution in [-0.2, 0) is 0 Å². The summed E-state index contributed by atoms with van der Waals surface area (Å²) < 4.78 is 7.05. The third-order valence-corrected chi connectivity index (χ3v) is 11.3. The van der Waals surface area contributed by atoms with Crippen molar-refractivity contribution < 1.29 is 4.42 Å². The molecule has 0 bridgehead atoms. The monoisotopic (exact) mass is 779 g/mol. The number of furan rings is 1. The second-order valence-electron chi connectivity index (χ2n) is 15.1. The van der Waals surface area contributed by atoms with Gasteiger partial charge in [-0.2, -0.15) is 0 Å². The van der Waals surface area contributed by atoms with Gasteiger partial charge in [0, 0.05) is 38.8 Å². The number of benzene rings is 8. The van der Waals surface area contributed by atoms with E-state index in [9.17, 15) is 0 Å². The van der Waals surface area contributed by atoms with Gasteiger partial charge in [-0.25, -0.2) is 15.0 Å². The Hall–Kier alpha value is -8.21. The lowest BCUT2D eigenvalue weighted by atomic mass is 9.94. The third kappa shape index (κ3) is 6.86. The van der Waals surface area contributed by atoms with Crippen molar-refractivity contribution in [3.8, 4) is 89.9 Å². The van der Waals surface area contributed by atoms with Crippen molar-refractivity contribution in [2.24, 2.45) is 0 Å². The number of hydrogen-bond donors (Lipinski definition) is 0. The zero-order valence-electron chi connectivity index (χ0n) is 33.1. The number of hydrogen-bond acceptors (Lipinski definition) is 4. The van der Waals surface area contributed by atoms with Crippen LogP contribution in [0, 0.1) is 0 Å². The van der Waals surface area contributed by atoms with Crippen LogP contribution in [-0.4, -0.2) is 15.0 Å². The Kier molecular flexibility index (Phi) is 9.14. The molecule has 11 rings (SSSR count). The van der Waals surface area contributed by atoms with Gasteiger partial charge < -0.3 is 4.42 Å². The van der Waals surface area contributed by atoms with Crippen LogP contribution in [0.5, 0.6) is 0 Å². The summed E-state index contributed by atoms with van der Waals surface area (Å²) in [4.78, 5) is 15.5. The molecular weight excluding hydrogens is 743 g/mol. The van der Waals surface area contributed by atoms with Crippen LogP contribution in [0.3, 0.4) is 0 Å². The number of nitrogens with zero attached hydrogens (tertiary/aromatic N) is 3. The summed E-state index contributed by atoms with van der Waals surface area (Å²) in [5.41, 5.74) is 16.0. The average molecular weight is 780 g/mol. The van der Waals surface area contributed by atoms with Crippen molar-refractivity contribution in [2.45, 2.75) is 0 Å². The first kappa shape index (κ1) is 35.9. The molecule has 0 radical (unpaired) electrons. The fourth-order valence-electron chi connectivity index (χ4n) is 8.25. The molecule has 61 heavy (non-hydrogen) atoms. The molecule has 0 saturated heterocycles. The Balaban J connectivity index is 1.02. The van der Waals surface area contributed by atoms with Crippen molar-refractivity contribution in [3.63, 3.8) is 0 Å². The lowest BCUT2D eigenvalue weighted by molar-refractivity contribution is 0.636. The maximum atomic E-state index is 7.05. The maximum absolute atomic E-state index is 7.05. The highest BCUT2D eigenvalue weighted by Crippen LogP contribution is 2.47. The molecule has 4 nitrogen and oxygen atoms in total. The van der Waals surface area contributed by atoms with E-state index in [0.717, 1.165) is 94.8 Å². The van der Waals surface area contributed by atoms with Crippen LogP contribution < -0.4 is 0 Å². The molecule has 0 amide bonds. The molecule has 4 heteroatoms. The molecule has 0 unspecified atom stereocenters. The molecule has 3 aromatic heterocycles. The minimum absolute atomic E-state index is 0.688. The van der Waals surface area contributed by atoms with Gasteiger partial charge >= 0.3 is 0 Å². The summed E-state index contributed by atoms with van der Waals surface area (Å²) in [6.45, 7) is 0. The van der Waals surface area contributed by atoms with Gasteiger partial charge in [-0.15, -0.1) is 0 Å². The highest BCUT2D eigenvalue weighted by Gasteiger charge is 2.24. The zero-order chi connectivity index (χ0) is 40.5. The fourth-order valence-corrected chi connectivity index (χ4v) is 8.25. The molecule has 0 aliphatic rings. The third-order valence-electron chi connectivity index (χ3n) is 11.3. The molecule has 0 aliphatic heterocycles. The molecule has 3 heterocycles. The van der Waals surface area contributed by atoms with Crippen molar-refractivity contribution in [3.05, 3.63) is 224 Å². The maximum Gasteiger partial charge on any atom is 0.160 e. The van der Waals surface area contributed by atoms with Crippen molar-refractivity contribution >= 4 is 21.9 Å². The summed E-state index contributed by atoms with van der Waals surface area (Å²) in [6, 6.07) is 77.7. The molecule has 0 spiro atoms. The number of rotatable bonds is 8. The van der Waals surface area contributed by atoms with Crippen molar-refractivity contribution in [2.75, 3.05) is 0 Å². The largest absolute Gasteiger partial charge is 0.455 e. The van der Waals surface area contributed by atoms with Gasteiger partial charge in [-0.1, -0.05) is 206 Å². The van der Waals surface area contributed by atoms with Crippen LogP contribution in [0.4, 0.5) is 0 Å². The lowest BCUT2D eigenvalue weighted by Gasteiger charge is -2.11. The molecular formula is C57H37N3O. The predicted octanol–water partition coefficient (Wildman–Crippen LogP) is 15.1. The summed E-state index contributed by atoms with van der Waals surface area (Å²) in [5, 5.41) is 1.96. The van der Waals surface area contributed by atoms with E-state index < -0.39 is 0 Å². The summed E-state index contributed by atoms with van der Waals surface area (Å²) >= 11 is 0. The van der Waals surface area contributed by atoms with E-state index in [0.29, 0.717) is 5.82 Å². The molecule has 0 saturated carbocycles. The minimum atomic E-state index is 0.688. The van der Waals surface area contributed by atoms with Gasteiger partial charge in [0.05, 0.1) is 28.0 Å². The minimum Gasteiger partial charge on any atom is -0.455 e. The second-order valence-corrected chi connectivity index (χ2v) is 15.1. The van der Waals surface area contributed by atoms with Crippen LogP contribution in [0.25, 0.3) is 112 Å². The molecule has 11 aromatic rings. The molecule has 0 atom stereocenters. The first-order chi connectivity index (χ1) is 30.2. The number of aromatic nitrogens is 3. The van der Waals surface area contributed by atoms with E-state index in [-0.39, 0.29) is 0 Å². The fraction of sp³-hybridized carbons (Fsp3) is 0. The smallest absolute Gasteiger partial charge is 0.160 e. The van der Waals surface area contributed by atoms with Gasteiger partial charge in [0.25, 0.3) is 0 Å². The zero-order valence-corrected chi connectivity index (χ0v) is 33.1. The van der Waals surface area contributed by atoms with Crippen LogP contribution in [0.1, 0.15) is 0 Å². The van der Waals surface area contributed by atoms with E-state index in [1.54, 1.807) is 0 Å². The Bertz CT molecular complexity index is 3290. The van der Waals surface area contributed by atoms with Gasteiger partial charge in [-0.05, 0) is 46.0 Å². The Morgan fingerprint density at radius 3 is 1.30 bits per heavy atom. The summed E-state index contributed by atoms with van der Waals surface area (Å²) in [7, 11) is 0. The Morgan fingerprint density at radius 2 is 0.738 bits per heavy atom. The van der Waals surface area contributed by atoms with Crippen molar-refractivity contribution in [1.82, 2.24) is 15.0 Å². The van der Waals surface area contributed by atoms with E-state index in [4.69, 9.17) is 19.4 Å². The Morgan fingerprint density at radius 1 is 0.311 bits per heavy atom. The molecule has 8 aromatic carbocycles. The first-order valence-electron chi connectivity index (χ1n) is 20.5. The van der Waals surface area contributed by atoms with Gasteiger partial charge in [-0.3, -0.25) is 0 Å². The SMILES string of the molecule is c1ccc(-c2ccc(-c3cc(-c4ccc(-c5ccc6nc(-c7ccccc7)c7c(-c8ccccc8)c(-c8ccccc8)oc7c6c5)cc4)nc(-c4ccccc4)n3)cc2)cc1. The topological polar surface area (TPSA) is 51.8 Å².